The van der Waals surface area contributed by atoms with Gasteiger partial charge in [0.25, 0.3) is 0 Å². The van der Waals surface area contributed by atoms with Crippen molar-refractivity contribution in [1.82, 2.24) is 10.4 Å². The molecule has 2 heterocycles. The molecule has 0 aromatic rings. The maximum Gasteiger partial charge on any atom is 0.145 e. The fourth-order valence-electron chi connectivity index (χ4n) is 1.45. The Balaban J connectivity index is 2.18. The molecule has 0 radical (unpaired) electrons. The van der Waals surface area contributed by atoms with E-state index in [0.717, 1.165) is 0 Å². The van der Waals surface area contributed by atoms with Crippen molar-refractivity contribution in [2.45, 2.75) is 6.17 Å². The Morgan fingerprint density at radius 3 is 3.33 bits per heavy atom. The Hall–Kier alpha value is -1.36. The summed E-state index contributed by atoms with van der Waals surface area (Å²) in [5.41, 5.74) is 8.53. The van der Waals surface area contributed by atoms with Gasteiger partial charge in [-0.1, -0.05) is 0 Å². The van der Waals surface area contributed by atoms with Gasteiger partial charge in [-0.3, -0.25) is 15.4 Å². The van der Waals surface area contributed by atoms with E-state index in [4.69, 9.17) is 11.1 Å². The number of rotatable bonds is 1. The van der Waals surface area contributed by atoms with E-state index < -0.39 is 0 Å². The SMILES string of the molecule is N=C(N)C1CNN2C=CC=NC12. The summed E-state index contributed by atoms with van der Waals surface area (Å²) in [5, 5.41) is 9.21. The number of nitrogens with one attached hydrogen (secondary N) is 2. The first-order valence-corrected chi connectivity index (χ1v) is 3.85. The molecule has 2 rings (SSSR count). The van der Waals surface area contributed by atoms with E-state index in [1.807, 2.05) is 17.3 Å². The molecule has 0 saturated carbocycles. The number of allylic oxidation sites excluding steroid dienone is 1. The van der Waals surface area contributed by atoms with Gasteiger partial charge >= 0.3 is 0 Å². The van der Waals surface area contributed by atoms with Crippen LogP contribution < -0.4 is 11.2 Å². The van der Waals surface area contributed by atoms with Gasteiger partial charge in [0.1, 0.15) is 6.17 Å². The van der Waals surface area contributed by atoms with Crippen LogP contribution in [0, 0.1) is 11.3 Å². The van der Waals surface area contributed by atoms with Crippen molar-refractivity contribution in [3.63, 3.8) is 0 Å². The Labute approximate surface area is 70.4 Å². The number of aliphatic imine (C=N–C) groups is 1. The lowest BCUT2D eigenvalue weighted by Gasteiger charge is -2.23. The molecule has 1 saturated heterocycles. The summed E-state index contributed by atoms with van der Waals surface area (Å²) in [6.07, 6.45) is 5.48. The molecule has 12 heavy (non-hydrogen) atoms. The van der Waals surface area contributed by atoms with E-state index in [-0.39, 0.29) is 17.9 Å². The number of nitrogens with zero attached hydrogens (tertiary/aromatic N) is 2. The van der Waals surface area contributed by atoms with Crippen LogP contribution in [-0.4, -0.2) is 29.8 Å². The highest BCUT2D eigenvalue weighted by Gasteiger charge is 2.34. The van der Waals surface area contributed by atoms with Gasteiger partial charge in [0.2, 0.25) is 0 Å². The van der Waals surface area contributed by atoms with Crippen molar-refractivity contribution in [3.8, 4) is 0 Å². The van der Waals surface area contributed by atoms with Crippen LogP contribution in [0.25, 0.3) is 0 Å². The van der Waals surface area contributed by atoms with E-state index in [1.165, 1.54) is 0 Å². The van der Waals surface area contributed by atoms with Crippen molar-refractivity contribution < 1.29 is 0 Å². The number of hydrazine groups is 1. The number of fused-ring (bicyclic) bond motifs is 1. The maximum absolute atomic E-state index is 7.33. The van der Waals surface area contributed by atoms with Gasteiger partial charge in [-0.05, 0) is 6.08 Å². The summed E-state index contributed by atoms with van der Waals surface area (Å²) in [5.74, 6) is 0.202. The molecule has 64 valence electrons. The normalized spacial score (nSPS) is 32.2. The molecule has 0 bridgehead atoms. The van der Waals surface area contributed by atoms with Crippen molar-refractivity contribution in [3.05, 3.63) is 12.3 Å². The standard InChI is InChI=1S/C7H11N5/c8-6(9)5-4-11-12-3-1-2-10-7(5)12/h1-3,5,7,11H,4H2,(H3,8,9). The third-order valence-corrected chi connectivity index (χ3v) is 2.11. The molecule has 0 amide bonds. The summed E-state index contributed by atoms with van der Waals surface area (Å²) in [6.45, 7) is 0.696. The van der Waals surface area contributed by atoms with E-state index in [0.29, 0.717) is 6.54 Å². The second-order valence-corrected chi connectivity index (χ2v) is 2.88. The number of hydrogen-bond donors (Lipinski definition) is 3. The monoisotopic (exact) mass is 165 g/mol. The first-order chi connectivity index (χ1) is 5.79. The second-order valence-electron chi connectivity index (χ2n) is 2.88. The number of hydrogen-bond acceptors (Lipinski definition) is 4. The predicted molar refractivity (Wildman–Crippen MR) is 46.7 cm³/mol. The zero-order chi connectivity index (χ0) is 8.55. The van der Waals surface area contributed by atoms with Crippen LogP contribution in [0.2, 0.25) is 0 Å². The van der Waals surface area contributed by atoms with E-state index >= 15 is 0 Å². The lowest BCUT2D eigenvalue weighted by molar-refractivity contribution is 0.271. The first-order valence-electron chi connectivity index (χ1n) is 3.85. The highest BCUT2D eigenvalue weighted by atomic mass is 15.6. The molecule has 2 aliphatic rings. The number of nitrogens with two attached hydrogens (primary N) is 1. The average Bonchev–Trinajstić information content (AvgIpc) is 2.47. The molecule has 5 heteroatoms. The molecule has 0 spiro atoms. The van der Waals surface area contributed by atoms with E-state index in [2.05, 4.69) is 10.4 Å². The second kappa shape index (κ2) is 2.60. The van der Waals surface area contributed by atoms with Gasteiger partial charge in [-0.2, -0.15) is 0 Å². The largest absolute Gasteiger partial charge is 0.387 e. The Bertz CT molecular complexity index is 257. The van der Waals surface area contributed by atoms with Gasteiger partial charge < -0.3 is 5.73 Å². The summed E-state index contributed by atoms with van der Waals surface area (Å²) < 4.78 is 0. The van der Waals surface area contributed by atoms with Crippen molar-refractivity contribution in [2.75, 3.05) is 6.54 Å². The summed E-state index contributed by atoms with van der Waals surface area (Å²) in [4.78, 5) is 4.22. The van der Waals surface area contributed by atoms with Crippen LogP contribution in [0.15, 0.2) is 17.3 Å². The molecule has 0 aromatic carbocycles. The summed E-state index contributed by atoms with van der Waals surface area (Å²) in [6, 6.07) is 0. The minimum Gasteiger partial charge on any atom is -0.387 e. The third kappa shape index (κ3) is 0.984. The van der Waals surface area contributed by atoms with Gasteiger partial charge in [-0.15, -0.1) is 0 Å². The predicted octanol–water partition coefficient (Wildman–Crippen LogP) is -0.717. The van der Waals surface area contributed by atoms with E-state index in [9.17, 15) is 0 Å². The Morgan fingerprint density at radius 2 is 2.58 bits per heavy atom. The maximum atomic E-state index is 7.33. The van der Waals surface area contributed by atoms with Crippen molar-refractivity contribution >= 4 is 12.1 Å². The van der Waals surface area contributed by atoms with Gasteiger partial charge in [-0.25, -0.2) is 5.43 Å². The van der Waals surface area contributed by atoms with Crippen molar-refractivity contribution in [2.24, 2.45) is 16.6 Å². The van der Waals surface area contributed by atoms with Crippen LogP contribution in [0.4, 0.5) is 0 Å². The minimum absolute atomic E-state index is 0.00574. The van der Waals surface area contributed by atoms with Crippen LogP contribution in [-0.2, 0) is 0 Å². The molecule has 5 nitrogen and oxygen atoms in total. The van der Waals surface area contributed by atoms with Gasteiger partial charge in [0, 0.05) is 19.0 Å². The first kappa shape index (κ1) is 7.30. The van der Waals surface area contributed by atoms with Gasteiger partial charge in [0.05, 0.1) is 11.8 Å². The Kier molecular flexibility index (Phi) is 1.58. The van der Waals surface area contributed by atoms with Gasteiger partial charge in [0.15, 0.2) is 0 Å². The molecular weight excluding hydrogens is 154 g/mol. The topological polar surface area (TPSA) is 77.5 Å². The molecule has 0 aromatic heterocycles. The molecule has 4 N–H and O–H groups in total. The third-order valence-electron chi connectivity index (χ3n) is 2.11. The average molecular weight is 165 g/mol. The zero-order valence-corrected chi connectivity index (χ0v) is 6.57. The molecule has 0 aliphatic carbocycles. The van der Waals surface area contributed by atoms with Crippen molar-refractivity contribution in [1.29, 1.82) is 5.41 Å². The zero-order valence-electron chi connectivity index (χ0n) is 6.57. The highest BCUT2D eigenvalue weighted by molar-refractivity contribution is 5.82. The number of amidine groups is 1. The van der Waals surface area contributed by atoms with Crippen LogP contribution >= 0.6 is 0 Å². The molecule has 2 unspecified atom stereocenters. The molecular formula is C7H11N5. The highest BCUT2D eigenvalue weighted by Crippen LogP contribution is 2.19. The fraction of sp³-hybridized carbons (Fsp3) is 0.429. The molecule has 1 fully saturated rings. The lowest BCUT2D eigenvalue weighted by Crippen LogP contribution is -2.37. The molecule has 2 atom stereocenters. The van der Waals surface area contributed by atoms with Crippen LogP contribution in [0.5, 0.6) is 0 Å². The quantitative estimate of drug-likeness (QED) is 0.354. The molecule has 2 aliphatic heterocycles. The van der Waals surface area contributed by atoms with E-state index in [1.54, 1.807) is 6.21 Å². The Morgan fingerprint density at radius 1 is 1.75 bits per heavy atom. The van der Waals surface area contributed by atoms with Crippen LogP contribution in [0.1, 0.15) is 0 Å². The lowest BCUT2D eigenvalue weighted by atomic mass is 10.1. The smallest absolute Gasteiger partial charge is 0.145 e. The summed E-state index contributed by atoms with van der Waals surface area (Å²) in [7, 11) is 0. The summed E-state index contributed by atoms with van der Waals surface area (Å²) >= 11 is 0. The minimum atomic E-state index is -0.0208. The van der Waals surface area contributed by atoms with Crippen LogP contribution in [0.3, 0.4) is 0 Å². The fourth-order valence-corrected chi connectivity index (χ4v) is 1.45.